The van der Waals surface area contributed by atoms with E-state index in [0.717, 1.165) is 0 Å². The first-order chi connectivity index (χ1) is 14.4. The van der Waals surface area contributed by atoms with Gasteiger partial charge in [-0.1, -0.05) is 0 Å². The number of halogens is 1. The van der Waals surface area contributed by atoms with Crippen LogP contribution in [0.4, 0.5) is 15.8 Å². The van der Waals surface area contributed by atoms with Gasteiger partial charge in [-0.05, 0) is 53.7 Å². The molecule has 0 saturated carbocycles. The molecular weight excluding hydrogens is 395 g/mol. The number of nitro groups is 1. The summed E-state index contributed by atoms with van der Waals surface area (Å²) in [5, 5.41) is 28.5. The van der Waals surface area contributed by atoms with Crippen LogP contribution in [0.3, 0.4) is 0 Å². The van der Waals surface area contributed by atoms with Crippen molar-refractivity contribution in [2.75, 3.05) is 5.32 Å². The molecule has 1 N–H and O–H groups in total. The van der Waals surface area contributed by atoms with Crippen molar-refractivity contribution in [3.05, 3.63) is 82.2 Å². The van der Waals surface area contributed by atoms with Crippen molar-refractivity contribution in [3.63, 3.8) is 0 Å². The van der Waals surface area contributed by atoms with Crippen LogP contribution >= 0.6 is 0 Å². The van der Waals surface area contributed by atoms with Crippen molar-refractivity contribution in [3.8, 4) is 11.4 Å². The van der Waals surface area contributed by atoms with Gasteiger partial charge in [-0.25, -0.2) is 9.07 Å². The summed E-state index contributed by atoms with van der Waals surface area (Å²) < 4.78 is 17.0. The third-order valence-electron chi connectivity index (χ3n) is 4.21. The van der Waals surface area contributed by atoms with E-state index < -0.39 is 16.6 Å². The van der Waals surface area contributed by atoms with Gasteiger partial charge in [-0.2, -0.15) is 9.78 Å². The minimum atomic E-state index is -0.632. The average Bonchev–Trinajstić information content (AvgIpc) is 3.39. The lowest BCUT2D eigenvalue weighted by molar-refractivity contribution is -0.384. The lowest BCUT2D eigenvalue weighted by Gasteiger charge is -2.08. The Morgan fingerprint density at radius 2 is 1.87 bits per heavy atom. The van der Waals surface area contributed by atoms with Gasteiger partial charge < -0.3 is 5.32 Å². The lowest BCUT2D eigenvalue weighted by Crippen LogP contribution is -2.15. The van der Waals surface area contributed by atoms with Crippen LogP contribution in [0.25, 0.3) is 11.4 Å². The molecule has 2 heterocycles. The number of aryl methyl sites for hydroxylation is 1. The van der Waals surface area contributed by atoms with E-state index in [9.17, 15) is 19.3 Å². The van der Waals surface area contributed by atoms with Gasteiger partial charge in [0.15, 0.2) is 11.5 Å². The highest BCUT2D eigenvalue weighted by molar-refractivity contribution is 6.03. The van der Waals surface area contributed by atoms with Crippen LogP contribution < -0.4 is 5.32 Å². The molecule has 0 aliphatic carbocycles. The van der Waals surface area contributed by atoms with E-state index in [1.54, 1.807) is 6.92 Å². The Kier molecular flexibility index (Phi) is 4.72. The molecule has 1 amide bonds. The monoisotopic (exact) mass is 408 g/mol. The van der Waals surface area contributed by atoms with Crippen molar-refractivity contribution in [1.82, 2.24) is 30.0 Å². The molecule has 0 unspecified atom stereocenters. The molecule has 0 saturated heterocycles. The van der Waals surface area contributed by atoms with Crippen molar-refractivity contribution < 1.29 is 14.1 Å². The van der Waals surface area contributed by atoms with E-state index in [1.165, 1.54) is 64.1 Å². The van der Waals surface area contributed by atoms with Gasteiger partial charge in [0.25, 0.3) is 11.6 Å². The molecule has 0 bridgehead atoms. The van der Waals surface area contributed by atoms with Gasteiger partial charge in [0.1, 0.15) is 5.82 Å². The first kappa shape index (κ1) is 18.9. The Labute approximate surface area is 167 Å². The average molecular weight is 408 g/mol. The summed E-state index contributed by atoms with van der Waals surface area (Å²) in [6.07, 6.45) is 1.52. The van der Waals surface area contributed by atoms with Crippen LogP contribution in [0.15, 0.2) is 54.7 Å². The number of nitrogens with zero attached hydrogens (tertiary/aromatic N) is 7. The summed E-state index contributed by atoms with van der Waals surface area (Å²) in [5.74, 6) is -0.756. The number of rotatable bonds is 5. The van der Waals surface area contributed by atoms with Crippen molar-refractivity contribution in [2.45, 2.75) is 6.92 Å². The number of carbonyl (C=O) groups is 1. The van der Waals surface area contributed by atoms with Crippen LogP contribution in [-0.4, -0.2) is 40.8 Å². The number of nitro benzene ring substituents is 1. The molecule has 30 heavy (non-hydrogen) atoms. The maximum atomic E-state index is 14.2. The fraction of sp³-hybridized carbons (Fsp3) is 0.0556. The fourth-order valence-electron chi connectivity index (χ4n) is 2.71. The fourth-order valence-corrected chi connectivity index (χ4v) is 2.71. The highest BCUT2D eigenvalue weighted by atomic mass is 19.1. The van der Waals surface area contributed by atoms with Crippen LogP contribution in [0.5, 0.6) is 0 Å². The Hall–Kier alpha value is -4.48. The Morgan fingerprint density at radius 1 is 1.13 bits per heavy atom. The summed E-state index contributed by atoms with van der Waals surface area (Å²) in [5.41, 5.74) is 0.929. The quantitative estimate of drug-likeness (QED) is 0.396. The van der Waals surface area contributed by atoms with Crippen molar-refractivity contribution >= 4 is 17.3 Å². The van der Waals surface area contributed by atoms with Crippen molar-refractivity contribution in [2.24, 2.45) is 0 Å². The van der Waals surface area contributed by atoms with E-state index in [0.29, 0.717) is 17.2 Å². The van der Waals surface area contributed by atoms with Crippen LogP contribution in [0.1, 0.15) is 16.3 Å². The largest absolute Gasteiger partial charge is 0.318 e. The zero-order valence-electron chi connectivity index (χ0n) is 15.4. The maximum Gasteiger partial charge on any atom is 0.276 e. The Balaban J connectivity index is 1.55. The number of carbonyl (C=O) groups excluding carboxylic acids is 1. The lowest BCUT2D eigenvalue weighted by atomic mass is 10.2. The number of nitrogens with one attached hydrogen (secondary N) is 1. The van der Waals surface area contributed by atoms with Crippen LogP contribution in [0.2, 0.25) is 0 Å². The number of anilines is 1. The van der Waals surface area contributed by atoms with Crippen LogP contribution in [0, 0.1) is 22.9 Å². The maximum absolute atomic E-state index is 14.2. The molecule has 0 atom stereocenters. The van der Waals surface area contributed by atoms with Gasteiger partial charge in [0.2, 0.25) is 0 Å². The number of hydrogen-bond acceptors (Lipinski definition) is 7. The number of tetrazole rings is 1. The third kappa shape index (κ3) is 3.61. The van der Waals surface area contributed by atoms with E-state index >= 15 is 0 Å². The smallest absolute Gasteiger partial charge is 0.276 e. The second-order valence-corrected chi connectivity index (χ2v) is 6.18. The van der Waals surface area contributed by atoms with Crippen LogP contribution in [-0.2, 0) is 0 Å². The summed E-state index contributed by atoms with van der Waals surface area (Å²) >= 11 is 0. The molecule has 0 radical (unpaired) electrons. The second kappa shape index (κ2) is 7.50. The van der Waals surface area contributed by atoms with Gasteiger partial charge in [0, 0.05) is 18.3 Å². The first-order valence-electron chi connectivity index (χ1n) is 8.59. The number of hydrogen-bond donors (Lipinski definition) is 1. The summed E-state index contributed by atoms with van der Waals surface area (Å²) in [4.78, 5) is 22.8. The Morgan fingerprint density at radius 3 is 2.53 bits per heavy atom. The highest BCUT2D eigenvalue weighted by Gasteiger charge is 2.15. The summed E-state index contributed by atoms with van der Waals surface area (Å²) in [6, 6.07) is 11.2. The minimum Gasteiger partial charge on any atom is -0.318 e. The summed E-state index contributed by atoms with van der Waals surface area (Å²) in [6.45, 7) is 1.69. The minimum absolute atomic E-state index is 0.0387. The predicted molar refractivity (Wildman–Crippen MR) is 102 cm³/mol. The van der Waals surface area contributed by atoms with Gasteiger partial charge in [-0.15, -0.1) is 5.10 Å². The van der Waals surface area contributed by atoms with E-state index in [4.69, 9.17) is 0 Å². The standard InChI is InChI=1S/C18H13FN8O3/c1-11-21-23-24-26(11)14-6-7-15(19)17(10-14)20-18(28)16-8-9-25(22-16)12-2-4-13(5-3-12)27(29)30/h2-10H,1H3,(H,20,28). The molecule has 150 valence electrons. The number of non-ortho nitro benzene ring substituents is 1. The topological polar surface area (TPSA) is 134 Å². The molecule has 11 nitrogen and oxygen atoms in total. The van der Waals surface area contributed by atoms with Gasteiger partial charge in [0.05, 0.1) is 22.0 Å². The molecule has 4 aromatic rings. The van der Waals surface area contributed by atoms with Crippen molar-refractivity contribution in [1.29, 1.82) is 0 Å². The number of aromatic nitrogens is 6. The zero-order chi connectivity index (χ0) is 21.3. The van der Waals surface area contributed by atoms with Gasteiger partial charge >= 0.3 is 0 Å². The molecule has 0 aliphatic rings. The predicted octanol–water partition coefficient (Wildman–Crippen LogP) is 2.46. The molecule has 2 aromatic carbocycles. The summed E-state index contributed by atoms with van der Waals surface area (Å²) in [7, 11) is 0. The molecule has 0 aliphatic heterocycles. The molecular formula is C18H13FN8O3. The van der Waals surface area contributed by atoms with E-state index in [-0.39, 0.29) is 17.1 Å². The normalized spacial score (nSPS) is 10.7. The molecule has 0 spiro atoms. The molecule has 0 fully saturated rings. The van der Waals surface area contributed by atoms with Gasteiger partial charge in [-0.3, -0.25) is 14.9 Å². The number of benzene rings is 2. The van der Waals surface area contributed by atoms with E-state index in [2.05, 4.69) is 25.9 Å². The molecule has 4 rings (SSSR count). The van der Waals surface area contributed by atoms with E-state index in [1.807, 2.05) is 0 Å². The number of amides is 1. The second-order valence-electron chi connectivity index (χ2n) is 6.18. The molecule has 2 aromatic heterocycles. The zero-order valence-corrected chi connectivity index (χ0v) is 15.4. The Bertz CT molecular complexity index is 1250. The molecule has 12 heteroatoms. The highest BCUT2D eigenvalue weighted by Crippen LogP contribution is 2.20. The first-order valence-corrected chi connectivity index (χ1v) is 8.59. The third-order valence-corrected chi connectivity index (χ3v) is 4.21. The SMILES string of the molecule is Cc1nnnn1-c1ccc(F)c(NC(=O)c2ccn(-c3ccc([N+](=O)[O-])cc3)n2)c1.